The summed E-state index contributed by atoms with van der Waals surface area (Å²) in [5, 5.41) is 9.36. The van der Waals surface area contributed by atoms with E-state index in [1.165, 1.54) is 12.1 Å². The first kappa shape index (κ1) is 20.7. The predicted octanol–water partition coefficient (Wildman–Crippen LogP) is 4.22. The number of piperidine rings is 1. The van der Waals surface area contributed by atoms with Gasteiger partial charge in [0.1, 0.15) is 11.9 Å². The molecule has 31 heavy (non-hydrogen) atoms. The van der Waals surface area contributed by atoms with Crippen LogP contribution in [0.15, 0.2) is 53.8 Å². The first-order valence-electron chi connectivity index (χ1n) is 10.0. The van der Waals surface area contributed by atoms with Crippen LogP contribution in [0.2, 0.25) is 0 Å². The number of halogens is 2. The molecule has 0 unspecified atom stereocenters. The topological polar surface area (TPSA) is 61.1 Å². The molecule has 6 nitrogen and oxygen atoms in total. The summed E-state index contributed by atoms with van der Waals surface area (Å²) in [6.07, 6.45) is 4.76. The lowest BCUT2D eigenvalue weighted by atomic mass is 10.0. The van der Waals surface area contributed by atoms with Gasteiger partial charge in [0.15, 0.2) is 11.6 Å². The molecule has 0 radical (unpaired) electrons. The van der Waals surface area contributed by atoms with E-state index in [1.54, 1.807) is 19.4 Å². The van der Waals surface area contributed by atoms with Crippen LogP contribution in [0.1, 0.15) is 18.4 Å². The van der Waals surface area contributed by atoms with E-state index >= 15 is 0 Å². The highest BCUT2D eigenvalue weighted by Gasteiger charge is 2.25. The van der Waals surface area contributed by atoms with Gasteiger partial charge in [0, 0.05) is 44.4 Å². The molecule has 0 saturated carbocycles. The van der Waals surface area contributed by atoms with Gasteiger partial charge in [0.25, 0.3) is 0 Å². The van der Waals surface area contributed by atoms with E-state index in [2.05, 4.69) is 16.0 Å². The van der Waals surface area contributed by atoms with Gasteiger partial charge in [0.2, 0.25) is 5.90 Å². The third-order valence-electron chi connectivity index (χ3n) is 5.39. The number of hydrogen-bond donors (Lipinski definition) is 0. The second kappa shape index (κ2) is 9.04. The van der Waals surface area contributed by atoms with Crippen LogP contribution in [0, 0.1) is 23.0 Å². The van der Waals surface area contributed by atoms with E-state index in [0.29, 0.717) is 43.9 Å². The van der Waals surface area contributed by atoms with Crippen molar-refractivity contribution in [3.05, 3.63) is 66.0 Å². The van der Waals surface area contributed by atoms with Gasteiger partial charge in [-0.1, -0.05) is 0 Å². The Morgan fingerprint density at radius 1 is 1.10 bits per heavy atom. The molecule has 8 heteroatoms. The van der Waals surface area contributed by atoms with Gasteiger partial charge < -0.3 is 19.3 Å². The Morgan fingerprint density at radius 3 is 2.61 bits per heavy atom. The zero-order valence-corrected chi connectivity index (χ0v) is 17.1. The zero-order valence-electron chi connectivity index (χ0n) is 17.1. The average Bonchev–Trinajstić information content (AvgIpc) is 2.81. The summed E-state index contributed by atoms with van der Waals surface area (Å²) in [6, 6.07) is 11.1. The minimum atomic E-state index is -0.690. The summed E-state index contributed by atoms with van der Waals surface area (Å²) >= 11 is 0. The molecule has 2 heterocycles. The summed E-state index contributed by atoms with van der Waals surface area (Å²) in [4.78, 5) is 8.42. The summed E-state index contributed by atoms with van der Waals surface area (Å²) in [6.45, 7) is 1.88. The second-order valence-electron chi connectivity index (χ2n) is 7.35. The molecule has 0 aliphatic carbocycles. The van der Waals surface area contributed by atoms with Gasteiger partial charge in [-0.25, -0.2) is 13.8 Å². The fourth-order valence-electron chi connectivity index (χ4n) is 3.77. The number of methoxy groups -OCH3 is 1. The lowest BCUT2D eigenvalue weighted by Gasteiger charge is -2.36. The Morgan fingerprint density at radius 2 is 1.90 bits per heavy atom. The Balaban J connectivity index is 1.49. The number of anilines is 2. The number of aliphatic imine (C=N–C) groups is 1. The smallest absolute Gasteiger partial charge is 0.208 e. The Labute approximate surface area is 179 Å². The summed E-state index contributed by atoms with van der Waals surface area (Å²) in [5.41, 5.74) is 2.45. The van der Waals surface area contributed by atoms with Crippen molar-refractivity contribution in [1.29, 1.82) is 5.26 Å². The maximum absolute atomic E-state index is 13.9. The van der Waals surface area contributed by atoms with Crippen LogP contribution >= 0.6 is 0 Å². The van der Waals surface area contributed by atoms with Gasteiger partial charge in [-0.3, -0.25) is 0 Å². The predicted molar refractivity (Wildman–Crippen MR) is 114 cm³/mol. The molecule has 2 aliphatic rings. The molecule has 0 N–H and O–H groups in total. The number of nitriles is 1. The van der Waals surface area contributed by atoms with Crippen LogP contribution in [0.4, 0.5) is 20.2 Å². The van der Waals surface area contributed by atoms with Crippen LogP contribution in [0.25, 0.3) is 0 Å². The third kappa shape index (κ3) is 4.61. The van der Waals surface area contributed by atoms with Crippen molar-refractivity contribution in [2.45, 2.75) is 18.9 Å². The molecule has 1 saturated heterocycles. The van der Waals surface area contributed by atoms with Crippen molar-refractivity contribution in [2.24, 2.45) is 4.99 Å². The molecule has 160 valence electrons. The van der Waals surface area contributed by atoms with E-state index in [0.717, 1.165) is 17.4 Å². The normalized spacial score (nSPS) is 16.6. The maximum atomic E-state index is 13.9. The molecule has 0 amide bonds. The van der Waals surface area contributed by atoms with Gasteiger partial charge in [0.05, 0.1) is 36.7 Å². The summed E-state index contributed by atoms with van der Waals surface area (Å²) < 4.78 is 38.1. The number of rotatable bonds is 4. The fraction of sp³-hybridized carbons (Fsp3) is 0.304. The molecule has 0 aromatic heterocycles. The standard InChI is InChI=1S/C23H22F2N4O2/c1-30-23-15-29(11-8-27-23)21-12-16(14-26)2-4-20(21)28-9-6-18(7-10-28)31-22-5-3-17(24)13-19(22)25/h2-5,8,11-13,18H,6-7,9-10,15H2,1H3. The minimum Gasteiger partial charge on any atom is -0.487 e. The monoisotopic (exact) mass is 424 g/mol. The third-order valence-corrected chi connectivity index (χ3v) is 5.39. The molecule has 2 aliphatic heterocycles. The fourth-order valence-corrected chi connectivity index (χ4v) is 3.77. The van der Waals surface area contributed by atoms with Crippen molar-refractivity contribution in [3.8, 4) is 11.8 Å². The highest BCUT2D eigenvalue weighted by Crippen LogP contribution is 2.34. The van der Waals surface area contributed by atoms with Crippen LogP contribution in [-0.4, -0.2) is 38.7 Å². The Bertz CT molecular complexity index is 1060. The lowest BCUT2D eigenvalue weighted by Crippen LogP contribution is -2.39. The van der Waals surface area contributed by atoms with Crippen LogP contribution in [-0.2, 0) is 4.74 Å². The minimum absolute atomic E-state index is 0.0729. The number of benzene rings is 2. The van der Waals surface area contributed by atoms with Gasteiger partial charge in [-0.15, -0.1) is 0 Å². The molecule has 2 aromatic rings. The molecule has 0 bridgehead atoms. The molecule has 4 rings (SSSR count). The van der Waals surface area contributed by atoms with Crippen LogP contribution in [0.5, 0.6) is 5.75 Å². The summed E-state index contributed by atoms with van der Waals surface area (Å²) in [7, 11) is 1.58. The number of hydrogen-bond acceptors (Lipinski definition) is 6. The maximum Gasteiger partial charge on any atom is 0.208 e. The van der Waals surface area contributed by atoms with Crippen molar-refractivity contribution >= 4 is 17.3 Å². The summed E-state index contributed by atoms with van der Waals surface area (Å²) in [5.74, 6) is -0.654. The van der Waals surface area contributed by atoms with E-state index in [9.17, 15) is 14.0 Å². The van der Waals surface area contributed by atoms with E-state index in [4.69, 9.17) is 9.47 Å². The van der Waals surface area contributed by atoms with Crippen LogP contribution < -0.4 is 14.5 Å². The number of nitrogens with zero attached hydrogens (tertiary/aromatic N) is 4. The Kier molecular flexibility index (Phi) is 6.03. The van der Waals surface area contributed by atoms with Gasteiger partial charge in [-0.2, -0.15) is 5.26 Å². The van der Waals surface area contributed by atoms with E-state index < -0.39 is 11.6 Å². The van der Waals surface area contributed by atoms with Crippen molar-refractivity contribution in [1.82, 2.24) is 0 Å². The first-order chi connectivity index (χ1) is 15.1. The largest absolute Gasteiger partial charge is 0.487 e. The van der Waals surface area contributed by atoms with Crippen molar-refractivity contribution in [2.75, 3.05) is 36.5 Å². The van der Waals surface area contributed by atoms with Crippen molar-refractivity contribution in [3.63, 3.8) is 0 Å². The number of ether oxygens (including phenoxy) is 2. The molecule has 0 spiro atoms. The molecule has 0 atom stereocenters. The second-order valence-corrected chi connectivity index (χ2v) is 7.35. The highest BCUT2D eigenvalue weighted by atomic mass is 19.1. The lowest BCUT2D eigenvalue weighted by molar-refractivity contribution is 0.163. The van der Waals surface area contributed by atoms with Gasteiger partial charge in [-0.05, 0) is 30.3 Å². The van der Waals surface area contributed by atoms with E-state index in [1.807, 2.05) is 23.2 Å². The van der Waals surface area contributed by atoms with E-state index in [-0.39, 0.29) is 11.9 Å². The average molecular weight is 424 g/mol. The van der Waals surface area contributed by atoms with Crippen LogP contribution in [0.3, 0.4) is 0 Å². The molecular formula is C23H22F2N4O2. The van der Waals surface area contributed by atoms with Crippen molar-refractivity contribution < 1.29 is 18.3 Å². The zero-order chi connectivity index (χ0) is 21.8. The first-order valence-corrected chi connectivity index (χ1v) is 10.0. The quantitative estimate of drug-likeness (QED) is 0.736. The Hall–Kier alpha value is -3.60. The SMILES string of the molecule is COC1=NC=CN(c2cc(C#N)ccc2N2CCC(Oc3ccc(F)cc3F)CC2)C1. The highest BCUT2D eigenvalue weighted by molar-refractivity contribution is 5.86. The molecule has 2 aromatic carbocycles. The molecular weight excluding hydrogens is 402 g/mol. The molecule has 1 fully saturated rings. The van der Waals surface area contributed by atoms with Gasteiger partial charge >= 0.3 is 0 Å².